The number of rotatable bonds is 5. The summed E-state index contributed by atoms with van der Waals surface area (Å²) in [6.07, 6.45) is 2.89. The maximum absolute atomic E-state index is 12.0. The molecule has 1 aliphatic rings. The van der Waals surface area contributed by atoms with Gasteiger partial charge in [-0.1, -0.05) is 0 Å². The van der Waals surface area contributed by atoms with Crippen LogP contribution >= 0.6 is 0 Å². The Labute approximate surface area is 116 Å². The summed E-state index contributed by atoms with van der Waals surface area (Å²) in [7, 11) is 1.58. The minimum atomic E-state index is -1.21. The first-order valence-electron chi connectivity index (χ1n) is 6.37. The van der Waals surface area contributed by atoms with E-state index in [2.05, 4.69) is 5.32 Å². The molecule has 108 valence electrons. The predicted octanol–water partition coefficient (Wildman–Crippen LogP) is 1.99. The first-order chi connectivity index (χ1) is 9.46. The molecule has 1 aromatic carbocycles. The van der Waals surface area contributed by atoms with E-state index in [0.717, 1.165) is 25.3 Å². The van der Waals surface area contributed by atoms with E-state index in [0.29, 0.717) is 0 Å². The van der Waals surface area contributed by atoms with Crippen molar-refractivity contribution >= 4 is 17.6 Å². The molecule has 2 rings (SSSR count). The zero-order chi connectivity index (χ0) is 14.8. The van der Waals surface area contributed by atoms with E-state index in [1.54, 1.807) is 7.11 Å². The third-order valence-electron chi connectivity index (χ3n) is 3.69. The number of benzene rings is 1. The van der Waals surface area contributed by atoms with Crippen LogP contribution in [-0.4, -0.2) is 34.8 Å². The Balaban J connectivity index is 2.10. The second kappa shape index (κ2) is 5.50. The van der Waals surface area contributed by atoms with Crippen LogP contribution in [0.3, 0.4) is 0 Å². The molecule has 3 N–H and O–H groups in total. The number of amides is 1. The van der Waals surface area contributed by atoms with Crippen molar-refractivity contribution in [3.8, 4) is 5.75 Å². The lowest BCUT2D eigenvalue weighted by molar-refractivity contribution is -0.129. The number of carboxylic acids is 1. The standard InChI is InChI=1S/C14H17NO5/c1-20-14(5-2-6-14)8-12(17)15-11-4-3-9(16)7-10(11)13(18)19/h3-4,7,16H,2,5-6,8H2,1H3,(H,15,17)(H,18,19). The molecular formula is C14H17NO5. The zero-order valence-electron chi connectivity index (χ0n) is 11.2. The van der Waals surface area contributed by atoms with Crippen LogP contribution in [0.25, 0.3) is 0 Å². The highest BCUT2D eigenvalue weighted by Crippen LogP contribution is 2.38. The molecule has 0 aliphatic heterocycles. The molecule has 0 aromatic heterocycles. The number of methoxy groups -OCH3 is 1. The summed E-state index contributed by atoms with van der Waals surface area (Å²) in [6.45, 7) is 0. The smallest absolute Gasteiger partial charge is 0.337 e. The summed E-state index contributed by atoms with van der Waals surface area (Å²) >= 11 is 0. The third-order valence-corrected chi connectivity index (χ3v) is 3.69. The summed E-state index contributed by atoms with van der Waals surface area (Å²) in [5.74, 6) is -1.66. The molecule has 0 spiro atoms. The highest BCUT2D eigenvalue weighted by molar-refractivity contribution is 6.01. The molecule has 1 aromatic rings. The van der Waals surface area contributed by atoms with Crippen LogP contribution in [-0.2, 0) is 9.53 Å². The number of anilines is 1. The van der Waals surface area contributed by atoms with E-state index in [1.807, 2.05) is 0 Å². The van der Waals surface area contributed by atoms with Crippen molar-refractivity contribution in [3.05, 3.63) is 23.8 Å². The first kappa shape index (κ1) is 14.3. The molecule has 6 nitrogen and oxygen atoms in total. The highest BCUT2D eigenvalue weighted by atomic mass is 16.5. The zero-order valence-corrected chi connectivity index (χ0v) is 11.2. The summed E-state index contributed by atoms with van der Waals surface area (Å²) < 4.78 is 5.36. The molecule has 0 heterocycles. The Hall–Kier alpha value is -2.08. The Kier molecular flexibility index (Phi) is 3.94. The molecule has 0 radical (unpaired) electrons. The summed E-state index contributed by atoms with van der Waals surface area (Å²) in [6, 6.07) is 3.81. The van der Waals surface area contributed by atoms with Crippen molar-refractivity contribution in [1.82, 2.24) is 0 Å². The van der Waals surface area contributed by atoms with Gasteiger partial charge in [0.25, 0.3) is 0 Å². The van der Waals surface area contributed by atoms with Crippen molar-refractivity contribution in [2.24, 2.45) is 0 Å². The SMILES string of the molecule is COC1(CC(=O)Nc2ccc(O)cc2C(=O)O)CCC1. The van der Waals surface area contributed by atoms with Crippen molar-refractivity contribution < 1.29 is 24.5 Å². The third kappa shape index (κ3) is 2.91. The molecule has 1 saturated carbocycles. The highest BCUT2D eigenvalue weighted by Gasteiger charge is 2.39. The average molecular weight is 279 g/mol. The van der Waals surface area contributed by atoms with Crippen molar-refractivity contribution in [1.29, 1.82) is 0 Å². The monoisotopic (exact) mass is 279 g/mol. The summed E-state index contributed by atoms with van der Waals surface area (Å²) in [4.78, 5) is 23.1. The number of ether oxygens (including phenoxy) is 1. The molecule has 0 atom stereocenters. The maximum atomic E-state index is 12.0. The van der Waals surface area contributed by atoms with Crippen molar-refractivity contribution in [2.45, 2.75) is 31.3 Å². The summed E-state index contributed by atoms with van der Waals surface area (Å²) in [5, 5.41) is 20.9. The Morgan fingerprint density at radius 1 is 1.40 bits per heavy atom. The lowest BCUT2D eigenvalue weighted by atomic mass is 9.77. The second-order valence-corrected chi connectivity index (χ2v) is 5.00. The number of aromatic carboxylic acids is 1. The molecule has 0 unspecified atom stereocenters. The van der Waals surface area contributed by atoms with E-state index in [-0.39, 0.29) is 29.3 Å². The molecule has 0 bridgehead atoms. The van der Waals surface area contributed by atoms with Gasteiger partial charge >= 0.3 is 5.97 Å². The van der Waals surface area contributed by atoms with Crippen LogP contribution in [0.4, 0.5) is 5.69 Å². The Bertz CT molecular complexity index is 531. The van der Waals surface area contributed by atoms with Gasteiger partial charge in [-0.05, 0) is 37.5 Å². The summed E-state index contributed by atoms with van der Waals surface area (Å²) in [5.41, 5.74) is -0.381. The van der Waals surface area contributed by atoms with Crippen molar-refractivity contribution in [2.75, 3.05) is 12.4 Å². The fourth-order valence-electron chi connectivity index (χ4n) is 2.33. The van der Waals surface area contributed by atoms with Crippen LogP contribution in [0.15, 0.2) is 18.2 Å². The lowest BCUT2D eigenvalue weighted by Crippen LogP contribution is -2.42. The number of carboxylic acid groups (broad SMARTS) is 1. The normalized spacial score (nSPS) is 16.2. The number of hydrogen-bond acceptors (Lipinski definition) is 4. The van der Waals surface area contributed by atoms with Gasteiger partial charge in [-0.3, -0.25) is 4.79 Å². The van der Waals surface area contributed by atoms with Gasteiger partial charge in [0.05, 0.1) is 23.3 Å². The fourth-order valence-corrected chi connectivity index (χ4v) is 2.33. The number of hydrogen-bond donors (Lipinski definition) is 3. The second-order valence-electron chi connectivity index (χ2n) is 5.00. The minimum Gasteiger partial charge on any atom is -0.508 e. The van der Waals surface area contributed by atoms with Crippen LogP contribution < -0.4 is 5.32 Å². The molecule has 6 heteroatoms. The van der Waals surface area contributed by atoms with Gasteiger partial charge in [0.15, 0.2) is 0 Å². The number of carbonyl (C=O) groups excluding carboxylic acids is 1. The van der Waals surface area contributed by atoms with Gasteiger partial charge in [0.1, 0.15) is 5.75 Å². The van der Waals surface area contributed by atoms with Gasteiger partial charge < -0.3 is 20.3 Å². The number of phenols is 1. The largest absolute Gasteiger partial charge is 0.508 e. The number of aromatic hydroxyl groups is 1. The molecule has 1 fully saturated rings. The van der Waals surface area contributed by atoms with Gasteiger partial charge in [-0.25, -0.2) is 4.79 Å². The topological polar surface area (TPSA) is 95.9 Å². The Morgan fingerprint density at radius 3 is 2.60 bits per heavy atom. The number of nitrogens with one attached hydrogen (secondary N) is 1. The maximum Gasteiger partial charge on any atom is 0.337 e. The minimum absolute atomic E-state index is 0.140. The number of phenolic OH excluding ortho intramolecular Hbond substituents is 1. The fraction of sp³-hybridized carbons (Fsp3) is 0.429. The van der Waals surface area contributed by atoms with Crippen LogP contribution in [0.5, 0.6) is 5.75 Å². The molecular weight excluding hydrogens is 262 g/mol. The van der Waals surface area contributed by atoms with E-state index in [4.69, 9.17) is 9.84 Å². The van der Waals surface area contributed by atoms with Gasteiger partial charge in [-0.15, -0.1) is 0 Å². The van der Waals surface area contributed by atoms with Gasteiger partial charge in [-0.2, -0.15) is 0 Å². The Morgan fingerprint density at radius 2 is 2.10 bits per heavy atom. The van der Waals surface area contributed by atoms with Gasteiger partial charge in [0, 0.05) is 7.11 Å². The first-order valence-corrected chi connectivity index (χ1v) is 6.37. The van der Waals surface area contributed by atoms with Crippen LogP contribution in [0.2, 0.25) is 0 Å². The average Bonchev–Trinajstić information content (AvgIpc) is 2.36. The van der Waals surface area contributed by atoms with Gasteiger partial charge in [0.2, 0.25) is 5.91 Å². The van der Waals surface area contributed by atoms with Crippen LogP contribution in [0.1, 0.15) is 36.0 Å². The molecule has 1 amide bonds. The molecule has 20 heavy (non-hydrogen) atoms. The molecule has 1 aliphatic carbocycles. The predicted molar refractivity (Wildman–Crippen MR) is 71.9 cm³/mol. The number of carbonyl (C=O) groups is 2. The quantitative estimate of drug-likeness (QED) is 0.716. The lowest BCUT2D eigenvalue weighted by Gasteiger charge is -2.39. The van der Waals surface area contributed by atoms with E-state index in [9.17, 15) is 14.7 Å². The van der Waals surface area contributed by atoms with E-state index < -0.39 is 11.6 Å². The van der Waals surface area contributed by atoms with Crippen molar-refractivity contribution in [3.63, 3.8) is 0 Å². The van der Waals surface area contributed by atoms with E-state index in [1.165, 1.54) is 12.1 Å². The van der Waals surface area contributed by atoms with E-state index >= 15 is 0 Å². The van der Waals surface area contributed by atoms with Crippen LogP contribution in [0, 0.1) is 0 Å². The molecule has 0 saturated heterocycles.